The molecule has 1 aliphatic heterocycles. The fourth-order valence-electron chi connectivity index (χ4n) is 2.66. The Kier molecular flexibility index (Phi) is 6.73. The number of carbonyl (C=O) groups is 2. The summed E-state index contributed by atoms with van der Waals surface area (Å²) in [4.78, 5) is 33.5. The molecule has 9 heteroatoms. The van der Waals surface area contributed by atoms with E-state index in [-0.39, 0.29) is 18.4 Å². The molecule has 2 aromatic rings. The summed E-state index contributed by atoms with van der Waals surface area (Å²) in [6.07, 6.45) is -0.0255. The van der Waals surface area contributed by atoms with E-state index < -0.39 is 0 Å². The Morgan fingerprint density at radius 3 is 2.56 bits per heavy atom. The van der Waals surface area contributed by atoms with E-state index in [9.17, 15) is 9.59 Å². The Bertz CT molecular complexity index is 797. The molecule has 1 fully saturated rings. The summed E-state index contributed by atoms with van der Waals surface area (Å²) in [5, 5.41) is 2.80. The molecule has 0 unspecified atom stereocenters. The first-order valence-corrected chi connectivity index (χ1v) is 10.9. The van der Waals surface area contributed by atoms with Crippen LogP contribution in [0.1, 0.15) is 19.5 Å². The molecule has 2 aromatic heterocycles. The minimum absolute atomic E-state index is 0.0336. The monoisotopic (exact) mass is 427 g/mol. The van der Waals surface area contributed by atoms with Gasteiger partial charge in [-0.2, -0.15) is 0 Å². The lowest BCUT2D eigenvalue weighted by molar-refractivity contribution is -0.132. The van der Waals surface area contributed by atoms with Crippen molar-refractivity contribution in [3.63, 3.8) is 0 Å². The predicted octanol–water partition coefficient (Wildman–Crippen LogP) is 4.00. The maximum atomic E-state index is 12.5. The quantitative estimate of drug-likeness (QED) is 0.723. The summed E-state index contributed by atoms with van der Waals surface area (Å²) in [7, 11) is 0. The second-order valence-corrected chi connectivity index (χ2v) is 9.34. The zero-order chi connectivity index (χ0) is 19.4. The highest BCUT2D eigenvalue weighted by atomic mass is 35.5. The van der Waals surface area contributed by atoms with Crippen LogP contribution >= 0.6 is 34.3 Å². The van der Waals surface area contributed by atoms with E-state index in [2.05, 4.69) is 4.98 Å². The number of carbonyl (C=O) groups excluding carboxylic acids is 2. The van der Waals surface area contributed by atoms with E-state index in [1.54, 1.807) is 9.80 Å². The van der Waals surface area contributed by atoms with Gasteiger partial charge in [0.2, 0.25) is 5.91 Å². The maximum absolute atomic E-state index is 12.5. The molecule has 1 aliphatic rings. The van der Waals surface area contributed by atoms with E-state index in [1.807, 2.05) is 31.4 Å². The van der Waals surface area contributed by atoms with Gasteiger partial charge >= 0.3 is 6.09 Å². The average molecular weight is 428 g/mol. The number of thiazole rings is 1. The third-order valence-electron chi connectivity index (χ3n) is 4.10. The summed E-state index contributed by atoms with van der Waals surface area (Å²) < 4.78 is 5.97. The van der Waals surface area contributed by atoms with Crippen LogP contribution in [0.4, 0.5) is 4.79 Å². The molecule has 2 amide bonds. The molecule has 0 aromatic carbocycles. The fraction of sp³-hybridized carbons (Fsp3) is 0.500. The molecule has 1 saturated heterocycles. The van der Waals surface area contributed by atoms with Crippen molar-refractivity contribution in [2.45, 2.75) is 20.3 Å². The molecule has 3 rings (SSSR count). The second-order valence-electron chi connectivity index (χ2n) is 6.76. The highest BCUT2D eigenvalue weighted by Crippen LogP contribution is 2.33. The molecular weight excluding hydrogens is 406 g/mol. The number of thiophene rings is 1. The van der Waals surface area contributed by atoms with Crippen LogP contribution in [0.25, 0.3) is 9.88 Å². The van der Waals surface area contributed by atoms with E-state index in [1.165, 1.54) is 22.7 Å². The van der Waals surface area contributed by atoms with Crippen LogP contribution in [0.3, 0.4) is 0 Å². The van der Waals surface area contributed by atoms with Crippen molar-refractivity contribution in [2.24, 2.45) is 5.92 Å². The first-order valence-electron chi connectivity index (χ1n) is 8.82. The topological polar surface area (TPSA) is 62.7 Å². The summed E-state index contributed by atoms with van der Waals surface area (Å²) in [5.41, 5.74) is 0.767. The molecule has 0 saturated carbocycles. The lowest BCUT2D eigenvalue weighted by Crippen LogP contribution is -2.51. The number of aromatic nitrogens is 1. The maximum Gasteiger partial charge on any atom is 0.409 e. The molecule has 0 bridgehead atoms. The smallest absolute Gasteiger partial charge is 0.409 e. The van der Waals surface area contributed by atoms with Crippen molar-refractivity contribution in [3.05, 3.63) is 27.5 Å². The average Bonchev–Trinajstić information content (AvgIpc) is 3.28. The third-order valence-corrected chi connectivity index (χ3v) is 6.39. The van der Waals surface area contributed by atoms with Crippen LogP contribution in [0.2, 0.25) is 4.34 Å². The lowest BCUT2D eigenvalue weighted by atomic mass is 10.2. The largest absolute Gasteiger partial charge is 0.449 e. The minimum Gasteiger partial charge on any atom is -0.449 e. The van der Waals surface area contributed by atoms with Gasteiger partial charge in [-0.1, -0.05) is 25.4 Å². The van der Waals surface area contributed by atoms with Crippen molar-refractivity contribution in [1.82, 2.24) is 14.8 Å². The molecule has 27 heavy (non-hydrogen) atoms. The Morgan fingerprint density at radius 2 is 1.93 bits per heavy atom. The number of hydrogen-bond acceptors (Lipinski definition) is 6. The van der Waals surface area contributed by atoms with Gasteiger partial charge in [0, 0.05) is 31.6 Å². The van der Waals surface area contributed by atoms with Crippen molar-refractivity contribution >= 4 is 46.3 Å². The summed E-state index contributed by atoms with van der Waals surface area (Å²) in [6, 6.07) is 3.79. The van der Waals surface area contributed by atoms with Crippen LogP contribution in [0, 0.1) is 5.92 Å². The SMILES string of the molecule is CC(C)COC(=O)N1CCN(C(=O)Cc2csc(-c3ccc(Cl)s3)n2)CC1. The van der Waals surface area contributed by atoms with Crippen molar-refractivity contribution in [2.75, 3.05) is 32.8 Å². The van der Waals surface area contributed by atoms with Gasteiger partial charge in [0.15, 0.2) is 0 Å². The van der Waals surface area contributed by atoms with Crippen LogP contribution in [-0.2, 0) is 16.0 Å². The third kappa shape index (κ3) is 5.43. The van der Waals surface area contributed by atoms with Gasteiger partial charge < -0.3 is 14.5 Å². The molecule has 0 radical (unpaired) electrons. The molecule has 146 valence electrons. The van der Waals surface area contributed by atoms with Gasteiger partial charge in [-0.15, -0.1) is 22.7 Å². The molecule has 0 aliphatic carbocycles. The molecule has 0 N–H and O–H groups in total. The van der Waals surface area contributed by atoms with Gasteiger partial charge in [-0.3, -0.25) is 4.79 Å². The first-order chi connectivity index (χ1) is 12.9. The zero-order valence-corrected chi connectivity index (χ0v) is 17.7. The number of hydrogen-bond donors (Lipinski definition) is 0. The first kappa shape index (κ1) is 20.1. The van der Waals surface area contributed by atoms with Crippen LogP contribution in [-0.4, -0.2) is 59.6 Å². The highest BCUT2D eigenvalue weighted by Gasteiger charge is 2.25. The van der Waals surface area contributed by atoms with Crippen molar-refractivity contribution in [1.29, 1.82) is 0 Å². The lowest BCUT2D eigenvalue weighted by Gasteiger charge is -2.34. The summed E-state index contributed by atoms with van der Waals surface area (Å²) in [6.45, 7) is 6.46. The number of halogens is 1. The van der Waals surface area contributed by atoms with Crippen molar-refractivity contribution in [3.8, 4) is 9.88 Å². The summed E-state index contributed by atoms with van der Waals surface area (Å²) >= 11 is 8.97. The Balaban J connectivity index is 1.48. The Morgan fingerprint density at radius 1 is 1.22 bits per heavy atom. The van der Waals surface area contributed by atoms with Crippen LogP contribution in [0.15, 0.2) is 17.5 Å². The highest BCUT2D eigenvalue weighted by molar-refractivity contribution is 7.23. The Hall–Kier alpha value is -1.64. The number of rotatable bonds is 5. The molecule has 0 atom stereocenters. The molecule has 3 heterocycles. The van der Waals surface area contributed by atoms with Crippen LogP contribution < -0.4 is 0 Å². The van der Waals surface area contributed by atoms with Gasteiger partial charge in [0.05, 0.1) is 27.9 Å². The van der Waals surface area contributed by atoms with Gasteiger partial charge in [0.25, 0.3) is 0 Å². The Labute approximate surface area is 171 Å². The fourth-order valence-corrected chi connectivity index (χ4v) is 4.60. The number of ether oxygens (including phenoxy) is 1. The number of amides is 2. The van der Waals surface area contributed by atoms with E-state index in [0.717, 1.165) is 19.9 Å². The van der Waals surface area contributed by atoms with Crippen LogP contribution in [0.5, 0.6) is 0 Å². The molecule has 6 nitrogen and oxygen atoms in total. The van der Waals surface area contributed by atoms with Gasteiger partial charge in [-0.25, -0.2) is 9.78 Å². The molecule has 0 spiro atoms. The molecular formula is C18H22ClN3O3S2. The standard InChI is InChI=1S/C18H22ClN3O3S2/c1-12(2)10-25-18(24)22-7-5-21(6-8-22)16(23)9-13-11-26-17(20-13)14-3-4-15(19)27-14/h3-4,11-12H,5-10H2,1-2H3. The second kappa shape index (κ2) is 9.03. The zero-order valence-electron chi connectivity index (χ0n) is 15.3. The van der Waals surface area contributed by atoms with Crippen molar-refractivity contribution < 1.29 is 14.3 Å². The van der Waals surface area contributed by atoms with E-state index in [0.29, 0.717) is 38.7 Å². The minimum atomic E-state index is -0.297. The summed E-state index contributed by atoms with van der Waals surface area (Å²) in [5.74, 6) is 0.344. The van der Waals surface area contributed by atoms with E-state index >= 15 is 0 Å². The normalized spacial score (nSPS) is 14.7. The predicted molar refractivity (Wildman–Crippen MR) is 108 cm³/mol. The number of piperazine rings is 1. The van der Waals surface area contributed by atoms with E-state index in [4.69, 9.17) is 16.3 Å². The van der Waals surface area contributed by atoms with Gasteiger partial charge in [-0.05, 0) is 18.1 Å². The van der Waals surface area contributed by atoms with Gasteiger partial charge in [0.1, 0.15) is 5.01 Å². The number of nitrogens with zero attached hydrogens (tertiary/aromatic N) is 3.